The van der Waals surface area contributed by atoms with E-state index in [0.29, 0.717) is 6.04 Å². The Morgan fingerprint density at radius 1 is 1.23 bits per heavy atom. The number of hydrogen-bond acceptors (Lipinski definition) is 3. The van der Waals surface area contributed by atoms with Gasteiger partial charge in [-0.3, -0.25) is 4.79 Å². The lowest BCUT2D eigenvalue weighted by Gasteiger charge is -2.36. The van der Waals surface area contributed by atoms with Crippen LogP contribution in [0.15, 0.2) is 30.3 Å². The molecule has 30 heavy (non-hydrogen) atoms. The van der Waals surface area contributed by atoms with Crippen molar-refractivity contribution >= 4 is 16.9 Å². The van der Waals surface area contributed by atoms with E-state index in [-0.39, 0.29) is 11.5 Å². The minimum absolute atomic E-state index is 0.0333. The van der Waals surface area contributed by atoms with Crippen LogP contribution in [-0.2, 0) is 26.3 Å². The molecule has 2 aliphatic carbocycles. The van der Waals surface area contributed by atoms with Crippen molar-refractivity contribution in [2.24, 2.45) is 7.05 Å². The third-order valence-corrected chi connectivity index (χ3v) is 7.44. The molecule has 0 atom stereocenters. The molecule has 1 N–H and O–H groups in total. The largest absolute Gasteiger partial charge is 0.484 e. The number of benzene rings is 2. The van der Waals surface area contributed by atoms with Gasteiger partial charge in [0.25, 0.3) is 5.91 Å². The average Bonchev–Trinajstić information content (AvgIpc) is 3.21. The van der Waals surface area contributed by atoms with Crippen molar-refractivity contribution in [3.8, 4) is 5.75 Å². The van der Waals surface area contributed by atoms with Gasteiger partial charge in [0.15, 0.2) is 5.75 Å². The lowest BCUT2D eigenvalue weighted by molar-refractivity contribution is 0.0577. The fourth-order valence-electron chi connectivity index (χ4n) is 5.35. The number of aryl methyl sites for hydroxylation is 2. The van der Waals surface area contributed by atoms with Gasteiger partial charge in [-0.2, -0.15) is 0 Å². The van der Waals surface area contributed by atoms with E-state index in [0.717, 1.165) is 72.3 Å². The van der Waals surface area contributed by atoms with Gasteiger partial charge in [0.05, 0.1) is 5.52 Å². The highest BCUT2D eigenvalue weighted by molar-refractivity contribution is 6.01. The number of aromatic nitrogens is 2. The first-order valence-electron chi connectivity index (χ1n) is 11.1. The molecule has 154 valence electrons. The molecule has 1 spiro atoms. The number of nitrogens with one attached hydrogen (secondary N) is 1. The van der Waals surface area contributed by atoms with Gasteiger partial charge in [0.1, 0.15) is 16.9 Å². The number of rotatable bonds is 2. The average molecular weight is 402 g/mol. The molecule has 5 nitrogen and oxygen atoms in total. The predicted molar refractivity (Wildman–Crippen MR) is 116 cm³/mol. The standard InChI is InChI=1S/C25H27N3O2/c1-15-26-22-21(28(15)2)12-20(24(29)27-18-8-5-9-18)19-10-11-25(30-23(19)22)13-16-6-3-4-7-17(16)14-25/h3-4,6-7,12,18H,5,8-11,13-14H2,1-2H3,(H,27,29). The molecule has 0 unspecified atom stereocenters. The molecule has 1 aliphatic heterocycles. The SMILES string of the molecule is Cc1nc2c3c(c(C(=O)NC4CCC4)cc2n1C)CCC1(Cc2ccccc2C1)O3. The van der Waals surface area contributed by atoms with Gasteiger partial charge < -0.3 is 14.6 Å². The summed E-state index contributed by atoms with van der Waals surface area (Å²) in [5, 5.41) is 3.22. The fraction of sp³-hybridized carbons (Fsp3) is 0.440. The van der Waals surface area contributed by atoms with Crippen LogP contribution in [0.3, 0.4) is 0 Å². The van der Waals surface area contributed by atoms with Gasteiger partial charge in [-0.15, -0.1) is 0 Å². The van der Waals surface area contributed by atoms with E-state index in [4.69, 9.17) is 9.72 Å². The maximum absolute atomic E-state index is 13.2. The molecule has 0 bridgehead atoms. The van der Waals surface area contributed by atoms with Crippen LogP contribution < -0.4 is 10.1 Å². The summed E-state index contributed by atoms with van der Waals surface area (Å²) in [6.07, 6.45) is 6.99. The molecule has 1 saturated carbocycles. The van der Waals surface area contributed by atoms with Crippen LogP contribution >= 0.6 is 0 Å². The quantitative estimate of drug-likeness (QED) is 0.705. The summed E-state index contributed by atoms with van der Waals surface area (Å²) in [7, 11) is 2.01. The van der Waals surface area contributed by atoms with E-state index in [1.165, 1.54) is 17.5 Å². The molecule has 1 amide bonds. The van der Waals surface area contributed by atoms with E-state index < -0.39 is 0 Å². The number of carbonyl (C=O) groups is 1. The van der Waals surface area contributed by atoms with Gasteiger partial charge in [-0.05, 0) is 56.2 Å². The van der Waals surface area contributed by atoms with E-state index >= 15 is 0 Å². The predicted octanol–water partition coefficient (Wildman–Crippen LogP) is 4.03. The second-order valence-electron chi connectivity index (χ2n) is 9.33. The minimum atomic E-state index is -0.224. The summed E-state index contributed by atoms with van der Waals surface area (Å²) < 4.78 is 8.88. The molecular weight excluding hydrogens is 374 g/mol. The molecule has 3 aliphatic rings. The molecule has 5 heteroatoms. The lowest BCUT2D eigenvalue weighted by atomic mass is 9.86. The van der Waals surface area contributed by atoms with Crippen LogP contribution in [0, 0.1) is 6.92 Å². The maximum atomic E-state index is 13.2. The van der Waals surface area contributed by atoms with E-state index in [1.807, 2.05) is 20.0 Å². The molecule has 1 fully saturated rings. The van der Waals surface area contributed by atoms with Crippen molar-refractivity contribution < 1.29 is 9.53 Å². The summed E-state index contributed by atoms with van der Waals surface area (Å²) in [5.41, 5.74) is 6.19. The molecule has 2 heterocycles. The zero-order valence-corrected chi connectivity index (χ0v) is 17.6. The van der Waals surface area contributed by atoms with Crippen LogP contribution in [0.25, 0.3) is 11.0 Å². The highest BCUT2D eigenvalue weighted by Crippen LogP contribution is 2.46. The first-order chi connectivity index (χ1) is 14.5. The van der Waals surface area contributed by atoms with Crippen molar-refractivity contribution in [2.45, 2.75) is 63.5 Å². The monoisotopic (exact) mass is 401 g/mol. The van der Waals surface area contributed by atoms with Crippen LogP contribution in [0.1, 0.15) is 58.6 Å². The van der Waals surface area contributed by atoms with Gasteiger partial charge >= 0.3 is 0 Å². The molecule has 0 saturated heterocycles. The maximum Gasteiger partial charge on any atom is 0.251 e. The second kappa shape index (κ2) is 6.34. The Labute approximate surface area is 176 Å². The van der Waals surface area contributed by atoms with E-state index in [9.17, 15) is 4.79 Å². The number of fused-ring (bicyclic) bond motifs is 4. The number of nitrogens with zero attached hydrogens (tertiary/aromatic N) is 2. The zero-order chi connectivity index (χ0) is 20.5. The topological polar surface area (TPSA) is 56.2 Å². The number of ether oxygens (including phenoxy) is 1. The highest BCUT2D eigenvalue weighted by Gasteiger charge is 2.43. The summed E-state index contributed by atoms with van der Waals surface area (Å²) in [4.78, 5) is 18.0. The highest BCUT2D eigenvalue weighted by atomic mass is 16.5. The Morgan fingerprint density at radius 3 is 2.63 bits per heavy atom. The second-order valence-corrected chi connectivity index (χ2v) is 9.33. The summed E-state index contributed by atoms with van der Waals surface area (Å²) in [6, 6.07) is 11.0. The van der Waals surface area contributed by atoms with Crippen molar-refractivity contribution in [3.63, 3.8) is 0 Å². The third-order valence-electron chi connectivity index (χ3n) is 7.44. The first kappa shape index (κ1) is 18.0. The minimum Gasteiger partial charge on any atom is -0.484 e. The van der Waals surface area contributed by atoms with Crippen LogP contribution in [-0.4, -0.2) is 27.1 Å². The summed E-state index contributed by atoms with van der Waals surface area (Å²) in [5.74, 6) is 1.79. The third kappa shape index (κ3) is 2.60. The Balaban J connectivity index is 1.45. The lowest BCUT2D eigenvalue weighted by Crippen LogP contribution is -2.42. The Morgan fingerprint density at radius 2 is 1.97 bits per heavy atom. The number of carbonyl (C=O) groups excluding carboxylic acids is 1. The first-order valence-corrected chi connectivity index (χ1v) is 11.1. The van der Waals surface area contributed by atoms with Gasteiger partial charge in [-0.1, -0.05) is 24.3 Å². The van der Waals surface area contributed by atoms with E-state index in [1.54, 1.807) is 0 Å². The Bertz CT molecular complexity index is 1160. The molecule has 6 rings (SSSR count). The van der Waals surface area contributed by atoms with Crippen LogP contribution in [0.2, 0.25) is 0 Å². The van der Waals surface area contributed by atoms with E-state index in [2.05, 4.69) is 34.1 Å². The van der Waals surface area contributed by atoms with Crippen molar-refractivity contribution in [3.05, 3.63) is 58.4 Å². The smallest absolute Gasteiger partial charge is 0.251 e. The van der Waals surface area contributed by atoms with Crippen LogP contribution in [0.4, 0.5) is 0 Å². The molecule has 0 radical (unpaired) electrons. The molecule has 2 aromatic carbocycles. The summed E-state index contributed by atoms with van der Waals surface area (Å²) >= 11 is 0. The van der Waals surface area contributed by atoms with Gasteiger partial charge in [-0.25, -0.2) is 4.98 Å². The number of amides is 1. The molecule has 3 aromatic rings. The summed E-state index contributed by atoms with van der Waals surface area (Å²) in [6.45, 7) is 2.00. The Kier molecular flexibility index (Phi) is 3.80. The van der Waals surface area contributed by atoms with Crippen molar-refractivity contribution in [1.82, 2.24) is 14.9 Å². The van der Waals surface area contributed by atoms with Crippen molar-refractivity contribution in [2.75, 3.05) is 0 Å². The van der Waals surface area contributed by atoms with Crippen molar-refractivity contribution in [1.29, 1.82) is 0 Å². The fourth-order valence-corrected chi connectivity index (χ4v) is 5.35. The number of hydrogen-bond donors (Lipinski definition) is 1. The normalized spacial score (nSPS) is 19.3. The number of imidazole rings is 1. The molecular formula is C25H27N3O2. The Hall–Kier alpha value is -2.82. The van der Waals surface area contributed by atoms with Gasteiger partial charge in [0.2, 0.25) is 0 Å². The van der Waals surface area contributed by atoms with Crippen LogP contribution in [0.5, 0.6) is 5.75 Å². The van der Waals surface area contributed by atoms with Gasteiger partial charge in [0, 0.05) is 37.1 Å². The zero-order valence-electron chi connectivity index (χ0n) is 17.6. The molecule has 1 aromatic heterocycles.